The van der Waals surface area contributed by atoms with Crippen molar-refractivity contribution in [3.8, 4) is 0 Å². The molecule has 1 atom stereocenters. The minimum absolute atomic E-state index is 0.214. The van der Waals surface area contributed by atoms with Crippen LogP contribution >= 0.6 is 11.8 Å². The number of nitrogens with two attached hydrogens (primary N) is 1. The van der Waals surface area contributed by atoms with E-state index < -0.39 is 0 Å². The number of aromatic nitrogens is 3. The molecular weight excluding hydrogens is 272 g/mol. The van der Waals surface area contributed by atoms with Crippen molar-refractivity contribution in [3.63, 3.8) is 0 Å². The van der Waals surface area contributed by atoms with Crippen LogP contribution in [0.3, 0.4) is 0 Å². The molecule has 0 amide bonds. The van der Waals surface area contributed by atoms with Crippen molar-refractivity contribution in [2.45, 2.75) is 68.4 Å². The highest BCUT2D eigenvalue weighted by Crippen LogP contribution is 2.42. The third-order valence-corrected chi connectivity index (χ3v) is 5.76. The lowest BCUT2D eigenvalue weighted by atomic mass is 9.83. The van der Waals surface area contributed by atoms with Crippen LogP contribution in [0.25, 0.3) is 0 Å². The van der Waals surface area contributed by atoms with Crippen molar-refractivity contribution in [1.29, 1.82) is 0 Å². The van der Waals surface area contributed by atoms with Gasteiger partial charge < -0.3 is 15.0 Å². The van der Waals surface area contributed by atoms with Gasteiger partial charge in [-0.3, -0.25) is 0 Å². The Bertz CT molecular complexity index is 456. The van der Waals surface area contributed by atoms with E-state index in [4.69, 9.17) is 10.5 Å². The quantitative estimate of drug-likeness (QED) is 0.863. The summed E-state index contributed by atoms with van der Waals surface area (Å²) < 4.78 is 8.36. The van der Waals surface area contributed by atoms with E-state index in [9.17, 15) is 0 Å². The second-order valence-electron chi connectivity index (χ2n) is 6.00. The molecule has 2 fully saturated rings. The third-order valence-electron chi connectivity index (χ3n) is 4.61. The molecule has 112 valence electrons. The Morgan fingerprint density at radius 2 is 2.10 bits per heavy atom. The van der Waals surface area contributed by atoms with Gasteiger partial charge in [-0.05, 0) is 25.7 Å². The molecule has 6 heteroatoms. The predicted molar refractivity (Wildman–Crippen MR) is 79.5 cm³/mol. The van der Waals surface area contributed by atoms with Gasteiger partial charge in [0.1, 0.15) is 5.82 Å². The van der Waals surface area contributed by atoms with Crippen molar-refractivity contribution in [3.05, 3.63) is 5.82 Å². The first-order valence-corrected chi connectivity index (χ1v) is 8.60. The number of hydrogen-bond acceptors (Lipinski definition) is 5. The summed E-state index contributed by atoms with van der Waals surface area (Å²) in [6.45, 7) is 0.438. The zero-order valence-corrected chi connectivity index (χ0v) is 13.0. The monoisotopic (exact) mass is 296 g/mol. The third kappa shape index (κ3) is 2.87. The maximum Gasteiger partial charge on any atom is 0.191 e. The SMILES string of the molecule is Cn1c(CN)nnc1SCC1CCC2(CCCCC2)O1. The van der Waals surface area contributed by atoms with Crippen molar-refractivity contribution in [2.75, 3.05) is 5.75 Å². The second kappa shape index (κ2) is 6.03. The Hall–Kier alpha value is -0.590. The summed E-state index contributed by atoms with van der Waals surface area (Å²) >= 11 is 1.74. The highest BCUT2D eigenvalue weighted by Gasteiger charge is 2.40. The molecule has 1 aromatic rings. The van der Waals surface area contributed by atoms with Gasteiger partial charge in [-0.15, -0.1) is 10.2 Å². The van der Waals surface area contributed by atoms with Crippen LogP contribution in [0.2, 0.25) is 0 Å². The van der Waals surface area contributed by atoms with Gasteiger partial charge >= 0.3 is 0 Å². The maximum atomic E-state index is 6.38. The fourth-order valence-electron chi connectivity index (χ4n) is 3.39. The normalized spacial score (nSPS) is 25.4. The van der Waals surface area contributed by atoms with Crippen molar-refractivity contribution in [2.24, 2.45) is 12.8 Å². The molecule has 0 radical (unpaired) electrons. The largest absolute Gasteiger partial charge is 0.371 e. The molecule has 0 aromatic carbocycles. The molecule has 5 nitrogen and oxygen atoms in total. The molecule has 2 aliphatic rings. The topological polar surface area (TPSA) is 66.0 Å². The minimum atomic E-state index is 0.214. The molecule has 1 saturated heterocycles. The van der Waals surface area contributed by atoms with Crippen LogP contribution in [0, 0.1) is 0 Å². The minimum Gasteiger partial charge on any atom is -0.371 e. The molecule has 20 heavy (non-hydrogen) atoms. The van der Waals surface area contributed by atoms with Crippen LogP contribution in [0.5, 0.6) is 0 Å². The van der Waals surface area contributed by atoms with E-state index in [0.717, 1.165) is 16.7 Å². The van der Waals surface area contributed by atoms with Gasteiger partial charge in [0.15, 0.2) is 5.16 Å². The Balaban J connectivity index is 1.53. The van der Waals surface area contributed by atoms with Crippen LogP contribution in [0.1, 0.15) is 50.8 Å². The first-order chi connectivity index (χ1) is 9.72. The van der Waals surface area contributed by atoms with E-state index in [-0.39, 0.29) is 5.60 Å². The smallest absolute Gasteiger partial charge is 0.191 e. The summed E-state index contributed by atoms with van der Waals surface area (Å²) in [5.74, 6) is 1.81. The Morgan fingerprint density at radius 1 is 1.30 bits per heavy atom. The van der Waals surface area contributed by atoms with Crippen LogP contribution in [0.15, 0.2) is 5.16 Å². The van der Waals surface area contributed by atoms with Gasteiger partial charge in [0.25, 0.3) is 0 Å². The van der Waals surface area contributed by atoms with Gasteiger partial charge in [-0.1, -0.05) is 31.0 Å². The molecule has 2 N–H and O–H groups in total. The lowest BCUT2D eigenvalue weighted by Gasteiger charge is -2.33. The van der Waals surface area contributed by atoms with Gasteiger partial charge in [0.2, 0.25) is 0 Å². The molecule has 1 aromatic heterocycles. The predicted octanol–water partition coefficient (Wildman–Crippen LogP) is 2.25. The van der Waals surface area contributed by atoms with E-state index in [2.05, 4.69) is 10.2 Å². The van der Waals surface area contributed by atoms with Gasteiger partial charge in [0.05, 0.1) is 18.2 Å². The fraction of sp³-hybridized carbons (Fsp3) is 0.857. The van der Waals surface area contributed by atoms with Crippen LogP contribution in [-0.4, -0.2) is 32.2 Å². The van der Waals surface area contributed by atoms with Crippen LogP contribution in [0.4, 0.5) is 0 Å². The van der Waals surface area contributed by atoms with E-state index in [0.29, 0.717) is 12.6 Å². The average molecular weight is 296 g/mol. The van der Waals surface area contributed by atoms with Gasteiger partial charge in [-0.2, -0.15) is 0 Å². The number of thioether (sulfide) groups is 1. The highest BCUT2D eigenvalue weighted by atomic mass is 32.2. The molecule has 3 rings (SSSR count). The summed E-state index contributed by atoms with van der Waals surface area (Å²) in [6, 6.07) is 0. The van der Waals surface area contributed by atoms with E-state index in [1.54, 1.807) is 11.8 Å². The molecule has 1 aliphatic carbocycles. The van der Waals surface area contributed by atoms with Crippen molar-refractivity contribution < 1.29 is 4.74 Å². The number of ether oxygens (including phenoxy) is 1. The van der Waals surface area contributed by atoms with E-state index in [1.807, 2.05) is 11.6 Å². The first-order valence-electron chi connectivity index (χ1n) is 7.61. The molecular formula is C14H24N4OS. The molecule has 0 bridgehead atoms. The molecule has 1 saturated carbocycles. The van der Waals surface area contributed by atoms with E-state index >= 15 is 0 Å². The van der Waals surface area contributed by atoms with Gasteiger partial charge in [0, 0.05) is 12.8 Å². The first kappa shape index (κ1) is 14.4. The summed E-state index contributed by atoms with van der Waals surface area (Å²) in [6.07, 6.45) is 9.37. The summed E-state index contributed by atoms with van der Waals surface area (Å²) in [5, 5.41) is 9.22. The lowest BCUT2D eigenvalue weighted by Crippen LogP contribution is -2.32. The highest BCUT2D eigenvalue weighted by molar-refractivity contribution is 7.99. The zero-order valence-electron chi connectivity index (χ0n) is 12.2. The van der Waals surface area contributed by atoms with Crippen LogP contribution in [-0.2, 0) is 18.3 Å². The summed E-state index contributed by atoms with van der Waals surface area (Å²) in [4.78, 5) is 0. The van der Waals surface area contributed by atoms with Gasteiger partial charge in [-0.25, -0.2) is 0 Å². The van der Waals surface area contributed by atoms with Crippen molar-refractivity contribution >= 4 is 11.8 Å². The molecule has 1 spiro atoms. The summed E-state index contributed by atoms with van der Waals surface area (Å²) in [5.41, 5.74) is 5.83. The number of hydrogen-bond donors (Lipinski definition) is 1. The Morgan fingerprint density at radius 3 is 2.80 bits per heavy atom. The second-order valence-corrected chi connectivity index (χ2v) is 6.98. The molecule has 1 unspecified atom stereocenters. The average Bonchev–Trinajstić information content (AvgIpc) is 3.02. The molecule has 2 heterocycles. The summed E-state index contributed by atoms with van der Waals surface area (Å²) in [7, 11) is 1.97. The number of rotatable bonds is 4. The maximum absolute atomic E-state index is 6.38. The Labute approximate surface area is 124 Å². The Kier molecular flexibility index (Phi) is 4.33. The number of nitrogens with zero attached hydrogens (tertiary/aromatic N) is 3. The zero-order chi connectivity index (χ0) is 14.0. The van der Waals surface area contributed by atoms with Crippen LogP contribution < -0.4 is 5.73 Å². The molecule has 1 aliphatic heterocycles. The standard InChI is InChI=1S/C14H24N4OS/c1-18-12(9-15)16-17-13(18)20-10-11-5-8-14(19-11)6-3-2-4-7-14/h11H,2-10,15H2,1H3. The lowest BCUT2D eigenvalue weighted by molar-refractivity contribution is -0.0555. The fourth-order valence-corrected chi connectivity index (χ4v) is 4.36. The van der Waals surface area contributed by atoms with E-state index in [1.165, 1.54) is 44.9 Å². The van der Waals surface area contributed by atoms with Crippen molar-refractivity contribution in [1.82, 2.24) is 14.8 Å².